The molecule has 0 aliphatic carbocycles. The molecule has 1 heterocycles. The van der Waals surface area contributed by atoms with Crippen LogP contribution >= 0.6 is 11.6 Å². The number of benzene rings is 1. The van der Waals surface area contributed by atoms with Crippen LogP contribution in [0.3, 0.4) is 0 Å². The van der Waals surface area contributed by atoms with E-state index >= 15 is 0 Å². The van der Waals surface area contributed by atoms with Crippen molar-refractivity contribution in [2.45, 2.75) is 11.9 Å². The van der Waals surface area contributed by atoms with E-state index in [4.69, 9.17) is 16.3 Å². The number of anilines is 1. The van der Waals surface area contributed by atoms with Crippen LogP contribution in [-0.2, 0) is 17.1 Å². The fourth-order valence-corrected chi connectivity index (χ4v) is 3.10. The highest BCUT2D eigenvalue weighted by atomic mass is 35.5. The number of para-hydroxylation sites is 2. The van der Waals surface area contributed by atoms with E-state index in [0.29, 0.717) is 18.0 Å². The fraction of sp³-hybridized carbons (Fsp3) is 0.250. The first-order valence-corrected chi connectivity index (χ1v) is 7.73. The molecule has 0 aliphatic heterocycles. The van der Waals surface area contributed by atoms with Gasteiger partial charge in [-0.3, -0.25) is 4.72 Å². The third kappa shape index (κ3) is 2.88. The van der Waals surface area contributed by atoms with Gasteiger partial charge in [-0.25, -0.2) is 4.98 Å². The Bertz CT molecular complexity index is 712. The summed E-state index contributed by atoms with van der Waals surface area (Å²) in [4.78, 5) is 3.80. The molecular weight excluding hydrogens is 302 g/mol. The van der Waals surface area contributed by atoms with E-state index in [2.05, 4.69) is 9.71 Å². The highest BCUT2D eigenvalue weighted by Gasteiger charge is 2.23. The Labute approximate surface area is 122 Å². The van der Waals surface area contributed by atoms with Gasteiger partial charge < -0.3 is 9.30 Å². The minimum Gasteiger partial charge on any atom is -0.492 e. The van der Waals surface area contributed by atoms with Crippen LogP contribution in [0.15, 0.2) is 35.6 Å². The zero-order chi connectivity index (χ0) is 14.8. The molecule has 0 saturated carbocycles. The van der Waals surface area contributed by atoms with E-state index in [-0.39, 0.29) is 10.2 Å². The van der Waals surface area contributed by atoms with Crippen molar-refractivity contribution in [2.75, 3.05) is 11.3 Å². The molecule has 108 valence electrons. The molecule has 1 N–H and O–H groups in total. The van der Waals surface area contributed by atoms with Gasteiger partial charge >= 0.3 is 0 Å². The van der Waals surface area contributed by atoms with Gasteiger partial charge in [-0.2, -0.15) is 8.42 Å². The standard InChI is InChI=1S/C12H14ClN3O3S/c1-3-19-10-7-5-4-6-9(10)15-20(17,18)12-11(13)16(2)8-14-12/h4-8,15H,3H2,1-2H3. The van der Waals surface area contributed by atoms with Crippen molar-refractivity contribution >= 4 is 27.3 Å². The van der Waals surface area contributed by atoms with E-state index in [1.807, 2.05) is 6.92 Å². The van der Waals surface area contributed by atoms with Gasteiger partial charge in [0, 0.05) is 7.05 Å². The lowest BCUT2D eigenvalue weighted by Crippen LogP contribution is -2.15. The molecule has 8 heteroatoms. The Kier molecular flexibility index (Phi) is 4.20. The van der Waals surface area contributed by atoms with Crippen molar-refractivity contribution in [3.05, 3.63) is 35.7 Å². The molecular formula is C12H14ClN3O3S. The van der Waals surface area contributed by atoms with E-state index in [1.54, 1.807) is 31.3 Å². The smallest absolute Gasteiger partial charge is 0.282 e. The number of halogens is 1. The second kappa shape index (κ2) is 5.72. The van der Waals surface area contributed by atoms with Gasteiger partial charge in [-0.1, -0.05) is 23.7 Å². The third-order valence-corrected chi connectivity index (χ3v) is 4.37. The van der Waals surface area contributed by atoms with Crippen molar-refractivity contribution in [3.8, 4) is 5.75 Å². The average molecular weight is 316 g/mol. The lowest BCUT2D eigenvalue weighted by atomic mass is 10.3. The first kappa shape index (κ1) is 14.7. The number of nitrogens with zero attached hydrogens (tertiary/aromatic N) is 2. The Morgan fingerprint density at radius 3 is 2.70 bits per heavy atom. The lowest BCUT2D eigenvalue weighted by molar-refractivity contribution is 0.342. The molecule has 0 radical (unpaired) electrons. The Hall–Kier alpha value is -1.73. The number of hydrogen-bond donors (Lipinski definition) is 1. The Balaban J connectivity index is 2.36. The van der Waals surface area contributed by atoms with E-state index in [0.717, 1.165) is 0 Å². The number of sulfonamides is 1. The highest BCUT2D eigenvalue weighted by molar-refractivity contribution is 7.92. The second-order valence-corrected chi connectivity index (χ2v) is 5.94. The number of hydrogen-bond acceptors (Lipinski definition) is 4. The van der Waals surface area contributed by atoms with Crippen LogP contribution in [0.2, 0.25) is 5.15 Å². The van der Waals surface area contributed by atoms with Crippen LogP contribution < -0.4 is 9.46 Å². The summed E-state index contributed by atoms with van der Waals surface area (Å²) in [6.45, 7) is 2.25. The first-order chi connectivity index (χ1) is 9.45. The molecule has 2 rings (SSSR count). The number of rotatable bonds is 5. The lowest BCUT2D eigenvalue weighted by Gasteiger charge is -2.11. The van der Waals surface area contributed by atoms with Crippen LogP contribution in [0.5, 0.6) is 5.75 Å². The van der Waals surface area contributed by atoms with Crippen LogP contribution in [0.4, 0.5) is 5.69 Å². The summed E-state index contributed by atoms with van der Waals surface area (Å²) < 4.78 is 33.7. The molecule has 1 aromatic carbocycles. The summed E-state index contributed by atoms with van der Waals surface area (Å²) in [5.41, 5.74) is 0.344. The number of imidazole rings is 1. The molecule has 0 saturated heterocycles. The molecule has 0 atom stereocenters. The summed E-state index contributed by atoms with van der Waals surface area (Å²) in [6.07, 6.45) is 1.34. The van der Waals surface area contributed by atoms with Gasteiger partial charge in [0.05, 0.1) is 18.6 Å². The van der Waals surface area contributed by atoms with Crippen molar-refractivity contribution < 1.29 is 13.2 Å². The molecule has 6 nitrogen and oxygen atoms in total. The van der Waals surface area contributed by atoms with Gasteiger partial charge in [-0.05, 0) is 19.1 Å². The zero-order valence-corrected chi connectivity index (χ0v) is 12.6. The quantitative estimate of drug-likeness (QED) is 0.918. The fourth-order valence-electron chi connectivity index (χ4n) is 1.60. The second-order valence-electron chi connectivity index (χ2n) is 3.99. The maximum absolute atomic E-state index is 12.3. The molecule has 0 aliphatic rings. The number of ether oxygens (including phenoxy) is 1. The number of aromatic nitrogens is 2. The predicted molar refractivity (Wildman–Crippen MR) is 76.6 cm³/mol. The van der Waals surface area contributed by atoms with Gasteiger partial charge in [0.25, 0.3) is 10.0 Å². The SMILES string of the molecule is CCOc1ccccc1NS(=O)(=O)c1ncn(C)c1Cl. The molecule has 20 heavy (non-hydrogen) atoms. The van der Waals surface area contributed by atoms with Crippen molar-refractivity contribution in [1.29, 1.82) is 0 Å². The summed E-state index contributed by atoms with van der Waals surface area (Å²) in [5.74, 6) is 0.450. The highest BCUT2D eigenvalue weighted by Crippen LogP contribution is 2.28. The molecule has 2 aromatic rings. The summed E-state index contributed by atoms with van der Waals surface area (Å²) >= 11 is 5.91. The average Bonchev–Trinajstić information content (AvgIpc) is 2.73. The van der Waals surface area contributed by atoms with Gasteiger partial charge in [0.15, 0.2) is 0 Å². The van der Waals surface area contributed by atoms with Gasteiger partial charge in [0.1, 0.15) is 10.9 Å². The Morgan fingerprint density at radius 2 is 2.10 bits per heavy atom. The maximum atomic E-state index is 12.3. The molecule has 0 bridgehead atoms. The van der Waals surface area contributed by atoms with Crippen LogP contribution in [0.25, 0.3) is 0 Å². The third-order valence-electron chi connectivity index (χ3n) is 2.52. The first-order valence-electron chi connectivity index (χ1n) is 5.87. The largest absolute Gasteiger partial charge is 0.492 e. The summed E-state index contributed by atoms with van der Waals surface area (Å²) in [5, 5.41) is -0.167. The van der Waals surface area contributed by atoms with Gasteiger partial charge in [0.2, 0.25) is 5.03 Å². The van der Waals surface area contributed by atoms with Crippen molar-refractivity contribution in [1.82, 2.24) is 9.55 Å². The van der Waals surface area contributed by atoms with E-state index < -0.39 is 10.0 Å². The van der Waals surface area contributed by atoms with E-state index in [9.17, 15) is 8.42 Å². The Morgan fingerprint density at radius 1 is 1.40 bits per heavy atom. The molecule has 0 amide bonds. The molecule has 0 fully saturated rings. The number of nitrogens with one attached hydrogen (secondary N) is 1. The van der Waals surface area contributed by atoms with Gasteiger partial charge in [-0.15, -0.1) is 0 Å². The van der Waals surface area contributed by atoms with Crippen molar-refractivity contribution in [2.24, 2.45) is 7.05 Å². The monoisotopic (exact) mass is 315 g/mol. The van der Waals surface area contributed by atoms with Crippen LogP contribution in [0.1, 0.15) is 6.92 Å². The zero-order valence-electron chi connectivity index (χ0n) is 11.0. The molecule has 1 aromatic heterocycles. The topological polar surface area (TPSA) is 73.2 Å². The van der Waals surface area contributed by atoms with Crippen LogP contribution in [-0.4, -0.2) is 24.6 Å². The van der Waals surface area contributed by atoms with Crippen LogP contribution in [0, 0.1) is 0 Å². The van der Waals surface area contributed by atoms with E-state index in [1.165, 1.54) is 10.9 Å². The summed E-state index contributed by atoms with van der Waals surface area (Å²) in [7, 11) is -2.24. The number of aryl methyl sites for hydroxylation is 1. The minimum absolute atomic E-state index is 0.0476. The molecule has 0 unspecified atom stereocenters. The minimum atomic E-state index is -3.86. The molecule has 0 spiro atoms. The summed E-state index contributed by atoms with van der Waals surface area (Å²) in [6, 6.07) is 6.76. The maximum Gasteiger partial charge on any atom is 0.282 e. The normalized spacial score (nSPS) is 11.3. The predicted octanol–water partition coefficient (Wildman–Crippen LogP) is 2.27. The van der Waals surface area contributed by atoms with Crippen molar-refractivity contribution in [3.63, 3.8) is 0 Å².